The van der Waals surface area contributed by atoms with Crippen LogP contribution in [0.25, 0.3) is 0 Å². The number of hydrogen-bond donors (Lipinski definition) is 1. The highest BCUT2D eigenvalue weighted by Crippen LogP contribution is 2.34. The zero-order valence-electron chi connectivity index (χ0n) is 9.97. The molecule has 0 fully saturated rings. The summed E-state index contributed by atoms with van der Waals surface area (Å²) in [6, 6.07) is 10.8. The lowest BCUT2D eigenvalue weighted by molar-refractivity contribution is 1.39. The number of nitrogens with one attached hydrogen (secondary N) is 1. The first-order valence-corrected chi connectivity index (χ1v) is 6.57. The monoisotopic (exact) mass is 310 g/mol. The van der Waals surface area contributed by atoms with E-state index in [0.29, 0.717) is 26.3 Å². The molecule has 96 valence electrons. The van der Waals surface area contributed by atoms with E-state index in [9.17, 15) is 0 Å². The molecule has 0 saturated carbocycles. The van der Waals surface area contributed by atoms with Gasteiger partial charge in [-0.05, 0) is 42.8 Å². The Morgan fingerprint density at radius 2 is 1.68 bits per heavy atom. The van der Waals surface area contributed by atoms with Crippen molar-refractivity contribution in [2.24, 2.45) is 0 Å². The molecule has 19 heavy (non-hydrogen) atoms. The Kier molecular flexibility index (Phi) is 4.21. The Hall–Kier alpha value is -1.40. The Morgan fingerprint density at radius 3 is 2.32 bits per heavy atom. The zero-order chi connectivity index (χ0) is 14.0. The van der Waals surface area contributed by atoms with Gasteiger partial charge in [0.15, 0.2) is 0 Å². The normalized spacial score (nSPS) is 10.1. The van der Waals surface area contributed by atoms with E-state index in [0.717, 1.165) is 11.3 Å². The lowest BCUT2D eigenvalue weighted by Crippen LogP contribution is -1.93. The number of anilines is 2. The fraction of sp³-hybridized carbons (Fsp3) is 0.0714. The predicted molar refractivity (Wildman–Crippen MR) is 80.6 cm³/mol. The van der Waals surface area contributed by atoms with Crippen LogP contribution in [-0.2, 0) is 0 Å². The number of nitriles is 1. The first kappa shape index (κ1) is 14.0. The Morgan fingerprint density at radius 1 is 1.00 bits per heavy atom. The minimum atomic E-state index is 0.410. The molecule has 0 saturated heterocycles. The van der Waals surface area contributed by atoms with Gasteiger partial charge in [-0.1, -0.05) is 34.8 Å². The standard InChI is InChI=1S/C14H9Cl3N2/c1-8-4-10(3-2-9(8)7-18)19-14-6-12(16)11(15)5-13(14)17/h2-6,19H,1H3. The maximum absolute atomic E-state index is 8.89. The third kappa shape index (κ3) is 3.13. The van der Waals surface area contributed by atoms with E-state index < -0.39 is 0 Å². The number of aryl methyl sites for hydroxylation is 1. The van der Waals surface area contributed by atoms with E-state index in [1.165, 1.54) is 0 Å². The van der Waals surface area contributed by atoms with Crippen molar-refractivity contribution < 1.29 is 0 Å². The predicted octanol–water partition coefficient (Wildman–Crippen LogP) is 5.57. The van der Waals surface area contributed by atoms with Gasteiger partial charge in [0.25, 0.3) is 0 Å². The van der Waals surface area contributed by atoms with Gasteiger partial charge < -0.3 is 5.32 Å². The van der Waals surface area contributed by atoms with E-state index in [-0.39, 0.29) is 0 Å². The molecule has 1 N–H and O–H groups in total. The maximum Gasteiger partial charge on any atom is 0.0994 e. The lowest BCUT2D eigenvalue weighted by Gasteiger charge is -2.11. The van der Waals surface area contributed by atoms with Crippen molar-refractivity contribution in [3.63, 3.8) is 0 Å². The number of hydrogen-bond acceptors (Lipinski definition) is 2. The molecule has 2 rings (SSSR count). The second-order valence-corrected chi connectivity index (χ2v) is 5.23. The van der Waals surface area contributed by atoms with Crippen molar-refractivity contribution in [2.45, 2.75) is 6.92 Å². The third-order valence-electron chi connectivity index (χ3n) is 2.64. The summed E-state index contributed by atoms with van der Waals surface area (Å²) >= 11 is 17.9. The van der Waals surface area contributed by atoms with Crippen LogP contribution in [-0.4, -0.2) is 0 Å². The quantitative estimate of drug-likeness (QED) is 0.736. The van der Waals surface area contributed by atoms with Crippen molar-refractivity contribution >= 4 is 46.2 Å². The van der Waals surface area contributed by atoms with Gasteiger partial charge >= 0.3 is 0 Å². The van der Waals surface area contributed by atoms with Crippen LogP contribution < -0.4 is 5.32 Å². The zero-order valence-corrected chi connectivity index (χ0v) is 12.2. The van der Waals surface area contributed by atoms with Crippen molar-refractivity contribution in [1.82, 2.24) is 0 Å². The van der Waals surface area contributed by atoms with Gasteiger partial charge in [0, 0.05) is 5.69 Å². The molecular formula is C14H9Cl3N2. The van der Waals surface area contributed by atoms with Crippen LogP contribution in [0.15, 0.2) is 30.3 Å². The average molecular weight is 312 g/mol. The van der Waals surface area contributed by atoms with Crippen LogP contribution >= 0.6 is 34.8 Å². The summed E-state index contributed by atoms with van der Waals surface area (Å²) < 4.78 is 0. The molecule has 2 aromatic carbocycles. The van der Waals surface area contributed by atoms with E-state index in [2.05, 4.69) is 11.4 Å². The van der Waals surface area contributed by atoms with Crippen molar-refractivity contribution in [3.8, 4) is 6.07 Å². The molecule has 2 aromatic rings. The fourth-order valence-electron chi connectivity index (χ4n) is 1.64. The minimum absolute atomic E-state index is 0.410. The van der Waals surface area contributed by atoms with Crippen LogP contribution in [0.3, 0.4) is 0 Å². The van der Waals surface area contributed by atoms with Crippen LogP contribution in [0.4, 0.5) is 11.4 Å². The second-order valence-electron chi connectivity index (χ2n) is 4.01. The number of nitrogens with zero attached hydrogens (tertiary/aromatic N) is 1. The van der Waals surface area contributed by atoms with E-state index >= 15 is 0 Å². The summed E-state index contributed by atoms with van der Waals surface area (Å²) in [6.45, 7) is 1.88. The molecule has 0 amide bonds. The number of benzene rings is 2. The summed E-state index contributed by atoms with van der Waals surface area (Å²) in [6.07, 6.45) is 0. The molecule has 0 unspecified atom stereocenters. The highest BCUT2D eigenvalue weighted by Gasteiger charge is 2.07. The molecule has 5 heteroatoms. The maximum atomic E-state index is 8.89. The van der Waals surface area contributed by atoms with Crippen molar-refractivity contribution in [1.29, 1.82) is 5.26 Å². The summed E-state index contributed by atoms with van der Waals surface area (Å²) in [4.78, 5) is 0. The number of halogens is 3. The van der Waals surface area contributed by atoms with Gasteiger partial charge in [-0.2, -0.15) is 5.26 Å². The van der Waals surface area contributed by atoms with Gasteiger partial charge in [-0.25, -0.2) is 0 Å². The van der Waals surface area contributed by atoms with E-state index in [1.54, 1.807) is 18.2 Å². The first-order chi connectivity index (χ1) is 9.01. The molecule has 0 bridgehead atoms. The molecule has 2 nitrogen and oxygen atoms in total. The molecule has 0 radical (unpaired) electrons. The summed E-state index contributed by atoms with van der Waals surface area (Å²) in [5.74, 6) is 0. The van der Waals surface area contributed by atoms with Gasteiger partial charge in [0.05, 0.1) is 32.4 Å². The van der Waals surface area contributed by atoms with Crippen molar-refractivity contribution in [3.05, 3.63) is 56.5 Å². The van der Waals surface area contributed by atoms with Crippen LogP contribution in [0.2, 0.25) is 15.1 Å². The van der Waals surface area contributed by atoms with Gasteiger partial charge in [0.2, 0.25) is 0 Å². The van der Waals surface area contributed by atoms with Gasteiger partial charge in [0.1, 0.15) is 0 Å². The lowest BCUT2D eigenvalue weighted by atomic mass is 10.1. The molecule has 0 spiro atoms. The average Bonchev–Trinajstić information content (AvgIpc) is 2.36. The van der Waals surface area contributed by atoms with Crippen LogP contribution in [0.1, 0.15) is 11.1 Å². The SMILES string of the molecule is Cc1cc(Nc2cc(Cl)c(Cl)cc2Cl)ccc1C#N. The van der Waals surface area contributed by atoms with Crippen LogP contribution in [0, 0.1) is 18.3 Å². The highest BCUT2D eigenvalue weighted by molar-refractivity contribution is 6.44. The molecular weight excluding hydrogens is 303 g/mol. The topological polar surface area (TPSA) is 35.8 Å². The Bertz CT molecular complexity index is 675. The van der Waals surface area contributed by atoms with Crippen molar-refractivity contribution in [2.75, 3.05) is 5.32 Å². The summed E-state index contributed by atoms with van der Waals surface area (Å²) in [7, 11) is 0. The minimum Gasteiger partial charge on any atom is -0.354 e. The molecule has 0 aliphatic carbocycles. The first-order valence-electron chi connectivity index (χ1n) is 5.43. The van der Waals surface area contributed by atoms with E-state index in [4.69, 9.17) is 40.1 Å². The van der Waals surface area contributed by atoms with Gasteiger partial charge in [-0.15, -0.1) is 0 Å². The molecule has 0 aliphatic rings. The highest BCUT2D eigenvalue weighted by atomic mass is 35.5. The fourth-order valence-corrected chi connectivity index (χ4v) is 2.23. The summed E-state index contributed by atoms with van der Waals surface area (Å²) in [5.41, 5.74) is 3.03. The Labute approximate surface area is 126 Å². The molecule has 0 aliphatic heterocycles. The summed E-state index contributed by atoms with van der Waals surface area (Å²) in [5, 5.41) is 13.4. The smallest absolute Gasteiger partial charge is 0.0994 e. The second kappa shape index (κ2) is 5.71. The molecule has 0 aromatic heterocycles. The van der Waals surface area contributed by atoms with Gasteiger partial charge in [-0.3, -0.25) is 0 Å². The molecule has 0 heterocycles. The molecule has 0 atom stereocenters. The number of rotatable bonds is 2. The Balaban J connectivity index is 2.34. The largest absolute Gasteiger partial charge is 0.354 e. The van der Waals surface area contributed by atoms with E-state index in [1.807, 2.05) is 19.1 Å². The van der Waals surface area contributed by atoms with Crippen LogP contribution in [0.5, 0.6) is 0 Å². The third-order valence-corrected chi connectivity index (χ3v) is 3.67.